The predicted molar refractivity (Wildman–Crippen MR) is 57.8 cm³/mol. The van der Waals surface area contributed by atoms with Crippen LogP contribution in [-0.4, -0.2) is 41.8 Å². The highest BCUT2D eigenvalue weighted by Gasteiger charge is 2.38. The van der Waals surface area contributed by atoms with E-state index in [2.05, 4.69) is 5.32 Å². The van der Waals surface area contributed by atoms with Crippen LogP contribution in [0.2, 0.25) is 0 Å². The highest BCUT2D eigenvalue weighted by atomic mass is 16.5. The number of amides is 2. The van der Waals surface area contributed by atoms with E-state index < -0.39 is 0 Å². The average molecular weight is 212 g/mol. The first kappa shape index (κ1) is 10.7. The maximum Gasteiger partial charge on any atom is 0.318 e. The van der Waals surface area contributed by atoms with Gasteiger partial charge >= 0.3 is 6.03 Å². The number of urea groups is 1. The normalized spacial score (nSPS) is 30.1. The lowest BCUT2D eigenvalue weighted by atomic mass is 10.0. The van der Waals surface area contributed by atoms with E-state index in [0.717, 1.165) is 12.8 Å². The summed E-state index contributed by atoms with van der Waals surface area (Å²) in [4.78, 5) is 13.9. The van der Waals surface area contributed by atoms with E-state index in [4.69, 9.17) is 4.74 Å². The van der Waals surface area contributed by atoms with Gasteiger partial charge in [-0.1, -0.05) is 0 Å². The lowest BCUT2D eigenvalue weighted by Gasteiger charge is -2.44. The molecule has 1 heterocycles. The Bertz CT molecular complexity index is 261. The van der Waals surface area contributed by atoms with E-state index in [1.54, 1.807) is 0 Å². The molecule has 4 nitrogen and oxygen atoms in total. The fraction of sp³-hybridized carbons (Fsp3) is 0.909. The minimum absolute atomic E-state index is 0.0673. The summed E-state index contributed by atoms with van der Waals surface area (Å²) >= 11 is 0. The summed E-state index contributed by atoms with van der Waals surface area (Å²) in [5, 5.41) is 3.03. The van der Waals surface area contributed by atoms with Crippen LogP contribution in [0.15, 0.2) is 0 Å². The van der Waals surface area contributed by atoms with Crippen LogP contribution in [0.25, 0.3) is 0 Å². The smallest absolute Gasteiger partial charge is 0.318 e. The zero-order valence-electron chi connectivity index (χ0n) is 9.75. The Kier molecular flexibility index (Phi) is 2.63. The molecule has 4 heteroatoms. The third-order valence-corrected chi connectivity index (χ3v) is 3.04. The van der Waals surface area contributed by atoms with Gasteiger partial charge in [-0.25, -0.2) is 4.79 Å². The number of carbonyl (C=O) groups is 1. The molecule has 1 unspecified atom stereocenters. The number of carbonyl (C=O) groups excluding carboxylic acids is 1. The molecule has 1 N–H and O–H groups in total. The Morgan fingerprint density at radius 1 is 1.47 bits per heavy atom. The van der Waals surface area contributed by atoms with Crippen molar-refractivity contribution in [2.45, 2.75) is 51.3 Å². The fourth-order valence-electron chi connectivity index (χ4n) is 1.82. The molecule has 1 atom stereocenters. The van der Waals surface area contributed by atoms with Crippen molar-refractivity contribution < 1.29 is 9.53 Å². The zero-order chi connectivity index (χ0) is 11.1. The maximum absolute atomic E-state index is 12.0. The number of hydrogen-bond donors (Lipinski definition) is 1. The topological polar surface area (TPSA) is 41.6 Å². The first-order valence-corrected chi connectivity index (χ1v) is 5.69. The Hall–Kier alpha value is -0.770. The molecule has 2 amide bonds. The third-order valence-electron chi connectivity index (χ3n) is 3.04. The number of rotatable bonds is 1. The molecule has 0 aromatic heterocycles. The van der Waals surface area contributed by atoms with Crippen LogP contribution >= 0.6 is 0 Å². The van der Waals surface area contributed by atoms with Crippen LogP contribution in [0.1, 0.15) is 33.6 Å². The Morgan fingerprint density at radius 3 is 2.73 bits per heavy atom. The minimum atomic E-state index is -0.189. The van der Waals surface area contributed by atoms with Crippen molar-refractivity contribution in [3.63, 3.8) is 0 Å². The average Bonchev–Trinajstić information content (AvgIpc) is 2.93. The van der Waals surface area contributed by atoms with Gasteiger partial charge in [0.1, 0.15) is 0 Å². The standard InChI is InChI=1S/C11H20N2O2/c1-8-6-13(11(2,3)7-15-8)10(14)12-9-4-5-9/h8-9H,4-7H2,1-3H3,(H,12,14). The Morgan fingerprint density at radius 2 is 2.13 bits per heavy atom. The molecule has 2 rings (SSSR count). The summed E-state index contributed by atoms with van der Waals surface area (Å²) in [6, 6.07) is 0.490. The number of hydrogen-bond acceptors (Lipinski definition) is 2. The van der Waals surface area contributed by atoms with Gasteiger partial charge in [0.2, 0.25) is 0 Å². The van der Waals surface area contributed by atoms with E-state index in [0.29, 0.717) is 19.2 Å². The molecule has 2 aliphatic rings. The minimum Gasteiger partial charge on any atom is -0.374 e. The fourth-order valence-corrected chi connectivity index (χ4v) is 1.82. The molecular formula is C11H20N2O2. The van der Waals surface area contributed by atoms with Gasteiger partial charge in [0.05, 0.1) is 18.2 Å². The van der Waals surface area contributed by atoms with Crippen LogP contribution in [0, 0.1) is 0 Å². The summed E-state index contributed by atoms with van der Waals surface area (Å²) in [6.45, 7) is 7.40. The van der Waals surface area contributed by atoms with Crippen molar-refractivity contribution >= 4 is 6.03 Å². The molecule has 1 aliphatic carbocycles. The number of ether oxygens (including phenoxy) is 1. The summed E-state index contributed by atoms with van der Waals surface area (Å²) in [5.74, 6) is 0. The monoisotopic (exact) mass is 212 g/mol. The number of nitrogens with one attached hydrogen (secondary N) is 1. The predicted octanol–water partition coefficient (Wildman–Crippen LogP) is 1.36. The molecule has 0 aromatic rings. The molecule has 0 radical (unpaired) electrons. The largest absolute Gasteiger partial charge is 0.374 e. The molecule has 0 spiro atoms. The molecule has 1 saturated heterocycles. The third kappa shape index (κ3) is 2.43. The Labute approximate surface area is 91.0 Å². The van der Waals surface area contributed by atoms with E-state index in [-0.39, 0.29) is 17.7 Å². The molecular weight excluding hydrogens is 192 g/mol. The first-order valence-electron chi connectivity index (χ1n) is 5.69. The van der Waals surface area contributed by atoms with Crippen molar-refractivity contribution in [2.24, 2.45) is 0 Å². The van der Waals surface area contributed by atoms with Gasteiger partial charge in [-0.05, 0) is 33.6 Å². The van der Waals surface area contributed by atoms with Crippen molar-refractivity contribution in [3.8, 4) is 0 Å². The van der Waals surface area contributed by atoms with Crippen LogP contribution in [-0.2, 0) is 4.74 Å². The lowest BCUT2D eigenvalue weighted by molar-refractivity contribution is -0.0707. The van der Waals surface area contributed by atoms with Crippen molar-refractivity contribution in [1.82, 2.24) is 10.2 Å². The number of morpholine rings is 1. The van der Waals surface area contributed by atoms with Gasteiger partial charge in [0, 0.05) is 12.6 Å². The van der Waals surface area contributed by atoms with E-state index in [1.807, 2.05) is 25.7 Å². The molecule has 15 heavy (non-hydrogen) atoms. The second-order valence-corrected chi connectivity index (χ2v) is 5.27. The van der Waals surface area contributed by atoms with E-state index >= 15 is 0 Å². The SMILES string of the molecule is CC1CN(C(=O)NC2CC2)C(C)(C)CO1. The van der Waals surface area contributed by atoms with Crippen molar-refractivity contribution in [3.05, 3.63) is 0 Å². The summed E-state index contributed by atoms with van der Waals surface area (Å²) in [6.07, 6.45) is 2.40. The second kappa shape index (κ2) is 3.67. The zero-order valence-corrected chi connectivity index (χ0v) is 9.75. The van der Waals surface area contributed by atoms with Crippen LogP contribution in [0.4, 0.5) is 4.79 Å². The van der Waals surface area contributed by atoms with Crippen LogP contribution in [0.3, 0.4) is 0 Å². The molecule has 2 fully saturated rings. The number of nitrogens with zero attached hydrogens (tertiary/aromatic N) is 1. The van der Waals surface area contributed by atoms with Gasteiger partial charge in [-0.2, -0.15) is 0 Å². The highest BCUT2D eigenvalue weighted by molar-refractivity contribution is 5.75. The van der Waals surface area contributed by atoms with E-state index in [1.165, 1.54) is 0 Å². The van der Waals surface area contributed by atoms with Gasteiger partial charge in [0.25, 0.3) is 0 Å². The van der Waals surface area contributed by atoms with Gasteiger partial charge in [-0.15, -0.1) is 0 Å². The quantitative estimate of drug-likeness (QED) is 0.713. The second-order valence-electron chi connectivity index (χ2n) is 5.27. The lowest BCUT2D eigenvalue weighted by Crippen LogP contribution is -2.60. The maximum atomic E-state index is 12.0. The van der Waals surface area contributed by atoms with Crippen molar-refractivity contribution in [1.29, 1.82) is 0 Å². The Balaban J connectivity index is 1.99. The molecule has 0 aromatic carbocycles. The summed E-state index contributed by atoms with van der Waals surface area (Å²) in [7, 11) is 0. The van der Waals surface area contributed by atoms with Gasteiger partial charge in [-0.3, -0.25) is 0 Å². The van der Waals surface area contributed by atoms with Gasteiger partial charge < -0.3 is 15.0 Å². The highest BCUT2D eigenvalue weighted by Crippen LogP contribution is 2.24. The molecule has 0 bridgehead atoms. The molecule has 1 aliphatic heterocycles. The van der Waals surface area contributed by atoms with Crippen LogP contribution < -0.4 is 5.32 Å². The first-order chi connectivity index (χ1) is 6.99. The van der Waals surface area contributed by atoms with Gasteiger partial charge in [0.15, 0.2) is 0 Å². The summed E-state index contributed by atoms with van der Waals surface area (Å²) < 4.78 is 5.57. The summed E-state index contributed by atoms with van der Waals surface area (Å²) in [5.41, 5.74) is -0.189. The van der Waals surface area contributed by atoms with E-state index in [9.17, 15) is 4.79 Å². The van der Waals surface area contributed by atoms with Crippen LogP contribution in [0.5, 0.6) is 0 Å². The van der Waals surface area contributed by atoms with Crippen molar-refractivity contribution in [2.75, 3.05) is 13.2 Å². The molecule has 1 saturated carbocycles. The molecule has 86 valence electrons.